The van der Waals surface area contributed by atoms with Gasteiger partial charge in [-0.25, -0.2) is 25.3 Å². The highest BCUT2D eigenvalue weighted by Crippen LogP contribution is 2.35. The first kappa shape index (κ1) is 28.7. The van der Waals surface area contributed by atoms with E-state index in [1.54, 1.807) is 0 Å². The number of rotatable bonds is 9. The monoisotopic (exact) mass is 595 g/mol. The van der Waals surface area contributed by atoms with Crippen molar-refractivity contribution in [3.05, 3.63) is 76.8 Å². The van der Waals surface area contributed by atoms with Gasteiger partial charge in [-0.3, -0.25) is 19.6 Å². The standard InChI is InChI=1S/C20H16F3N3O9S3/c1-35-18-10-9-14(36(29,30)20(21,22)23)12-19(18)38(33,34)25-17-8-3-2-7-16(17)24-37(31,32)15-6-4-5-13(11-15)26(27)28/h2-12,24-25H,1H3. The van der Waals surface area contributed by atoms with Crippen molar-refractivity contribution >= 4 is 46.9 Å². The van der Waals surface area contributed by atoms with Crippen molar-refractivity contribution < 1.29 is 48.1 Å². The first-order valence-electron chi connectivity index (χ1n) is 9.88. The summed E-state index contributed by atoms with van der Waals surface area (Å²) in [5.41, 5.74) is -7.01. The summed E-state index contributed by atoms with van der Waals surface area (Å²) >= 11 is 0. The van der Waals surface area contributed by atoms with Gasteiger partial charge in [0.15, 0.2) is 0 Å². The van der Waals surface area contributed by atoms with Crippen molar-refractivity contribution in [1.82, 2.24) is 0 Å². The van der Waals surface area contributed by atoms with Crippen LogP contribution < -0.4 is 14.2 Å². The van der Waals surface area contributed by atoms with Crippen molar-refractivity contribution in [1.29, 1.82) is 0 Å². The quantitative estimate of drug-likeness (QED) is 0.277. The molecule has 3 aromatic rings. The van der Waals surface area contributed by atoms with Gasteiger partial charge in [-0.15, -0.1) is 0 Å². The van der Waals surface area contributed by atoms with Gasteiger partial charge >= 0.3 is 5.51 Å². The number of nitro benzene ring substituents is 1. The second-order valence-corrected chi connectivity index (χ2v) is 12.5. The molecule has 2 N–H and O–H groups in total. The van der Waals surface area contributed by atoms with Crippen LogP contribution in [0.15, 0.2) is 81.4 Å². The Balaban J connectivity index is 2.04. The maximum absolute atomic E-state index is 13.1. The number of methoxy groups -OCH3 is 1. The zero-order chi connectivity index (χ0) is 28.5. The molecule has 12 nitrogen and oxygen atoms in total. The van der Waals surface area contributed by atoms with Gasteiger partial charge in [0.2, 0.25) is 0 Å². The molecular formula is C20H16F3N3O9S3. The molecule has 0 unspecified atom stereocenters. The van der Waals surface area contributed by atoms with Crippen molar-refractivity contribution in [2.24, 2.45) is 0 Å². The number of anilines is 2. The van der Waals surface area contributed by atoms with E-state index in [9.17, 15) is 48.5 Å². The van der Waals surface area contributed by atoms with Crippen LogP contribution in [-0.2, 0) is 29.9 Å². The summed E-state index contributed by atoms with van der Waals surface area (Å²) in [7, 11) is -14.3. The smallest absolute Gasteiger partial charge is 0.495 e. The average Bonchev–Trinajstić information content (AvgIpc) is 2.84. The number of benzene rings is 3. The average molecular weight is 596 g/mol. The fraction of sp³-hybridized carbons (Fsp3) is 0.100. The van der Waals surface area contributed by atoms with E-state index in [-0.39, 0.29) is 11.8 Å². The minimum atomic E-state index is -5.92. The molecule has 0 heterocycles. The van der Waals surface area contributed by atoms with Gasteiger partial charge in [-0.2, -0.15) is 13.2 Å². The molecule has 0 aliphatic carbocycles. The highest BCUT2D eigenvalue weighted by molar-refractivity contribution is 7.93. The van der Waals surface area contributed by atoms with Crippen LogP contribution in [0.5, 0.6) is 5.75 Å². The van der Waals surface area contributed by atoms with Gasteiger partial charge in [0, 0.05) is 12.1 Å². The summed E-state index contributed by atoms with van der Waals surface area (Å²) < 4.78 is 123. The predicted molar refractivity (Wildman–Crippen MR) is 127 cm³/mol. The van der Waals surface area contributed by atoms with Gasteiger partial charge in [-0.05, 0) is 36.4 Å². The van der Waals surface area contributed by atoms with Gasteiger partial charge in [0.1, 0.15) is 10.6 Å². The number of non-ortho nitro benzene ring substituents is 1. The molecule has 0 fully saturated rings. The van der Waals surface area contributed by atoms with Gasteiger partial charge in [0.05, 0.1) is 33.2 Å². The third-order valence-electron chi connectivity index (χ3n) is 4.79. The van der Waals surface area contributed by atoms with E-state index < -0.39 is 72.1 Å². The molecule has 0 aliphatic heterocycles. The number of hydrogen-bond acceptors (Lipinski definition) is 9. The number of sulfone groups is 1. The molecule has 204 valence electrons. The van der Waals surface area contributed by atoms with E-state index >= 15 is 0 Å². The first-order valence-corrected chi connectivity index (χ1v) is 14.3. The molecule has 18 heteroatoms. The predicted octanol–water partition coefficient (Wildman–Crippen LogP) is 3.50. The van der Waals surface area contributed by atoms with Crippen molar-refractivity contribution in [2.45, 2.75) is 20.2 Å². The molecular weight excluding hydrogens is 579 g/mol. The Morgan fingerprint density at radius 3 is 1.89 bits per heavy atom. The fourth-order valence-corrected chi connectivity index (χ4v) is 6.25. The lowest BCUT2D eigenvalue weighted by Crippen LogP contribution is -2.24. The normalized spacial score (nSPS) is 12.5. The summed E-state index contributed by atoms with van der Waals surface area (Å²) in [6.45, 7) is 0. The Hall–Kier alpha value is -3.90. The number of para-hydroxylation sites is 2. The fourth-order valence-electron chi connectivity index (χ4n) is 3.00. The minimum Gasteiger partial charge on any atom is -0.495 e. The van der Waals surface area contributed by atoms with E-state index in [1.807, 2.05) is 4.72 Å². The number of ether oxygens (including phenoxy) is 1. The van der Waals surface area contributed by atoms with Crippen molar-refractivity contribution in [2.75, 3.05) is 16.6 Å². The topological polar surface area (TPSA) is 179 Å². The molecule has 0 radical (unpaired) electrons. The van der Waals surface area contributed by atoms with E-state index in [4.69, 9.17) is 4.74 Å². The second kappa shape index (κ2) is 10.1. The van der Waals surface area contributed by atoms with Crippen LogP contribution in [0.2, 0.25) is 0 Å². The number of nitrogens with zero attached hydrogens (tertiary/aromatic N) is 1. The molecule has 3 rings (SSSR count). The first-order chi connectivity index (χ1) is 17.5. The summed E-state index contributed by atoms with van der Waals surface area (Å²) in [5.74, 6) is -0.506. The van der Waals surface area contributed by atoms with Crippen LogP contribution in [0, 0.1) is 10.1 Å². The van der Waals surface area contributed by atoms with E-state index in [0.717, 1.165) is 43.5 Å². The molecule has 3 aromatic carbocycles. The molecule has 0 bridgehead atoms. The van der Waals surface area contributed by atoms with Gasteiger partial charge in [-0.1, -0.05) is 18.2 Å². The van der Waals surface area contributed by atoms with Gasteiger partial charge in [0.25, 0.3) is 35.6 Å². The van der Waals surface area contributed by atoms with Crippen LogP contribution in [0.1, 0.15) is 0 Å². The molecule has 0 spiro atoms. The largest absolute Gasteiger partial charge is 0.501 e. The lowest BCUT2D eigenvalue weighted by atomic mass is 10.3. The zero-order valence-corrected chi connectivity index (χ0v) is 21.3. The van der Waals surface area contributed by atoms with Crippen LogP contribution in [0.25, 0.3) is 0 Å². The Morgan fingerprint density at radius 1 is 0.789 bits per heavy atom. The van der Waals surface area contributed by atoms with Crippen molar-refractivity contribution in [3.8, 4) is 5.75 Å². The number of alkyl halides is 3. The third-order valence-corrected chi connectivity index (χ3v) is 9.03. The number of nitrogens with one attached hydrogen (secondary N) is 2. The number of sulfonamides is 2. The van der Waals surface area contributed by atoms with Crippen LogP contribution >= 0.6 is 0 Å². The highest BCUT2D eigenvalue weighted by atomic mass is 32.2. The van der Waals surface area contributed by atoms with Crippen molar-refractivity contribution in [3.63, 3.8) is 0 Å². The molecule has 0 aromatic heterocycles. The molecule has 0 saturated carbocycles. The maximum Gasteiger partial charge on any atom is 0.501 e. The summed E-state index contributed by atoms with van der Waals surface area (Å²) in [5, 5.41) is 11.0. The summed E-state index contributed by atoms with van der Waals surface area (Å²) in [6.07, 6.45) is 0. The second-order valence-electron chi connectivity index (χ2n) is 7.27. The van der Waals surface area contributed by atoms with E-state index in [1.165, 1.54) is 12.1 Å². The minimum absolute atomic E-state index is 0.250. The summed E-state index contributed by atoms with van der Waals surface area (Å²) in [4.78, 5) is 7.29. The molecule has 0 saturated heterocycles. The van der Waals surface area contributed by atoms with Crippen LogP contribution in [0.3, 0.4) is 0 Å². The number of hydrogen-bond donors (Lipinski definition) is 2. The highest BCUT2D eigenvalue weighted by Gasteiger charge is 2.47. The van der Waals surface area contributed by atoms with Crippen LogP contribution in [0.4, 0.5) is 30.2 Å². The third kappa shape index (κ3) is 5.81. The molecule has 0 amide bonds. The Bertz CT molecular complexity index is 1720. The Morgan fingerprint density at radius 2 is 1.37 bits per heavy atom. The number of halogens is 3. The Labute approximate surface area is 214 Å². The SMILES string of the molecule is COc1ccc(S(=O)(=O)C(F)(F)F)cc1S(=O)(=O)Nc1ccccc1NS(=O)(=O)c1cccc([N+](=O)[O-])c1. The zero-order valence-electron chi connectivity index (χ0n) is 18.8. The summed E-state index contributed by atoms with van der Waals surface area (Å²) in [6, 6.07) is 10.3. The Kier molecular flexibility index (Phi) is 7.62. The number of nitro groups is 1. The lowest BCUT2D eigenvalue weighted by Gasteiger charge is -2.17. The van der Waals surface area contributed by atoms with Crippen LogP contribution in [-0.4, -0.2) is 42.8 Å². The van der Waals surface area contributed by atoms with E-state index in [0.29, 0.717) is 12.1 Å². The van der Waals surface area contributed by atoms with E-state index in [2.05, 4.69) is 4.72 Å². The molecule has 38 heavy (non-hydrogen) atoms. The van der Waals surface area contributed by atoms with Gasteiger partial charge < -0.3 is 4.74 Å². The molecule has 0 aliphatic rings. The lowest BCUT2D eigenvalue weighted by molar-refractivity contribution is -0.385. The molecule has 0 atom stereocenters. The maximum atomic E-state index is 13.1.